The van der Waals surface area contributed by atoms with Crippen molar-refractivity contribution in [1.29, 1.82) is 0 Å². The van der Waals surface area contributed by atoms with E-state index >= 15 is 0 Å². The molecular formula is C52H91NO8. The van der Waals surface area contributed by atoms with Gasteiger partial charge in [0.2, 0.25) is 5.91 Å². The second kappa shape index (κ2) is 41.6. The molecule has 1 heterocycles. The molecule has 1 aliphatic rings. The van der Waals surface area contributed by atoms with E-state index in [9.17, 15) is 30.3 Å². The second-order valence-corrected chi connectivity index (χ2v) is 16.9. The Kier molecular flexibility index (Phi) is 38.7. The topological polar surface area (TPSA) is 149 Å². The van der Waals surface area contributed by atoms with Crippen molar-refractivity contribution in [3.8, 4) is 0 Å². The minimum absolute atomic E-state index is 0.198. The van der Waals surface area contributed by atoms with Crippen LogP contribution in [0.3, 0.4) is 0 Å². The summed E-state index contributed by atoms with van der Waals surface area (Å²) < 4.78 is 11.2. The van der Waals surface area contributed by atoms with E-state index in [1.807, 2.05) is 6.08 Å². The number of ether oxygens (including phenoxy) is 2. The Labute approximate surface area is 372 Å². The van der Waals surface area contributed by atoms with Gasteiger partial charge in [0.15, 0.2) is 6.29 Å². The molecule has 0 saturated carbocycles. The quantitative estimate of drug-likeness (QED) is 0.0264. The average Bonchev–Trinajstić information content (AvgIpc) is 3.26. The summed E-state index contributed by atoms with van der Waals surface area (Å²) in [5.41, 5.74) is 0. The van der Waals surface area contributed by atoms with Crippen molar-refractivity contribution in [2.24, 2.45) is 0 Å². The van der Waals surface area contributed by atoms with Crippen molar-refractivity contribution < 1.29 is 39.8 Å². The Hall–Kier alpha value is -2.37. The van der Waals surface area contributed by atoms with E-state index in [-0.39, 0.29) is 12.5 Å². The minimum atomic E-state index is -1.58. The van der Waals surface area contributed by atoms with Crippen LogP contribution in [-0.2, 0) is 14.3 Å². The van der Waals surface area contributed by atoms with Crippen molar-refractivity contribution >= 4 is 5.91 Å². The van der Waals surface area contributed by atoms with Crippen LogP contribution in [0.2, 0.25) is 0 Å². The number of amides is 1. The standard InChI is InChI=1S/C52H91NO8/c1-3-5-7-9-11-13-15-16-17-18-19-20-21-22-23-24-25-26-27-28-29-30-32-34-36-38-40-42-48(56)53-45(44-60-52-51(59)50(58)49(57)47(43-54)61-52)46(55)41-39-37-35-33-31-14-12-10-8-6-4-2/h8,10,15-16,18-19,21-22,31,33,39,41,45-47,49-52,54-55,57-59H,3-7,9,11-14,17,20,23-30,32,34-38,40,42-44H2,1-2H3,(H,53,56)/b10-8+,16-15-,19-18-,22-21-,33-31+,41-39+. The third-order valence-corrected chi connectivity index (χ3v) is 11.2. The third-order valence-electron chi connectivity index (χ3n) is 11.2. The van der Waals surface area contributed by atoms with Gasteiger partial charge in [0.05, 0.1) is 25.4 Å². The lowest BCUT2D eigenvalue weighted by Crippen LogP contribution is -2.60. The minimum Gasteiger partial charge on any atom is -0.394 e. The van der Waals surface area contributed by atoms with Crippen LogP contribution in [0.1, 0.15) is 194 Å². The van der Waals surface area contributed by atoms with Gasteiger partial charge in [-0.05, 0) is 77.0 Å². The number of hydrogen-bond donors (Lipinski definition) is 6. The van der Waals surface area contributed by atoms with Crippen molar-refractivity contribution in [2.45, 2.75) is 236 Å². The molecule has 0 aromatic rings. The van der Waals surface area contributed by atoms with E-state index in [4.69, 9.17) is 9.47 Å². The maximum Gasteiger partial charge on any atom is 0.220 e. The number of carbonyl (C=O) groups is 1. The predicted octanol–water partition coefficient (Wildman–Crippen LogP) is 10.9. The molecule has 0 aromatic heterocycles. The SMILES string of the molecule is CCC/C=C/CC/C=C/CC/C=C/C(O)C(COC1OC(CO)C(O)C(O)C1O)NC(=O)CCCCCCCCCCCCCC/C=C\C/C=C\C/C=C\CCCCCCC. The van der Waals surface area contributed by atoms with Gasteiger partial charge < -0.3 is 40.3 Å². The molecule has 1 aliphatic heterocycles. The summed E-state index contributed by atoms with van der Waals surface area (Å²) >= 11 is 0. The molecule has 6 N–H and O–H groups in total. The zero-order chi connectivity index (χ0) is 44.4. The fourth-order valence-corrected chi connectivity index (χ4v) is 7.26. The van der Waals surface area contributed by atoms with Gasteiger partial charge >= 0.3 is 0 Å². The molecule has 1 rings (SSSR count). The number of carbonyl (C=O) groups excluding carboxylic acids is 1. The number of unbranched alkanes of at least 4 members (excludes halogenated alkanes) is 20. The summed E-state index contributed by atoms with van der Waals surface area (Å²) in [5, 5.41) is 54.1. The molecule has 352 valence electrons. The van der Waals surface area contributed by atoms with Crippen molar-refractivity contribution in [3.05, 3.63) is 72.9 Å². The molecule has 0 bridgehead atoms. The van der Waals surface area contributed by atoms with Gasteiger partial charge in [0.25, 0.3) is 0 Å². The van der Waals surface area contributed by atoms with Gasteiger partial charge in [0, 0.05) is 6.42 Å². The van der Waals surface area contributed by atoms with Gasteiger partial charge in [0.1, 0.15) is 24.4 Å². The van der Waals surface area contributed by atoms with E-state index in [0.717, 1.165) is 70.6 Å². The first-order valence-electron chi connectivity index (χ1n) is 24.7. The smallest absolute Gasteiger partial charge is 0.220 e. The average molecular weight is 858 g/mol. The summed E-state index contributed by atoms with van der Waals surface area (Å²) in [6.07, 6.45) is 49.6. The van der Waals surface area contributed by atoms with Gasteiger partial charge in [-0.3, -0.25) is 4.79 Å². The monoisotopic (exact) mass is 858 g/mol. The zero-order valence-corrected chi connectivity index (χ0v) is 38.6. The lowest BCUT2D eigenvalue weighted by molar-refractivity contribution is -0.302. The molecule has 1 fully saturated rings. The molecule has 9 heteroatoms. The second-order valence-electron chi connectivity index (χ2n) is 16.9. The molecule has 61 heavy (non-hydrogen) atoms. The number of rotatable bonds is 40. The number of aliphatic hydroxyl groups is 5. The van der Waals surface area contributed by atoms with Crippen LogP contribution in [0.4, 0.5) is 0 Å². The highest BCUT2D eigenvalue weighted by molar-refractivity contribution is 5.76. The Bertz CT molecular complexity index is 1180. The normalized spacial score (nSPS) is 21.1. The Balaban J connectivity index is 2.23. The summed E-state index contributed by atoms with van der Waals surface area (Å²) in [6.45, 7) is 3.65. The van der Waals surface area contributed by atoms with Crippen LogP contribution in [0, 0.1) is 0 Å². The van der Waals surface area contributed by atoms with E-state index in [0.29, 0.717) is 6.42 Å². The van der Waals surface area contributed by atoms with Crippen LogP contribution in [0.5, 0.6) is 0 Å². The maximum absolute atomic E-state index is 13.0. The van der Waals surface area contributed by atoms with Crippen LogP contribution < -0.4 is 5.32 Å². The van der Waals surface area contributed by atoms with Crippen molar-refractivity contribution in [1.82, 2.24) is 5.32 Å². The van der Waals surface area contributed by atoms with Crippen LogP contribution in [-0.4, -0.2) is 87.5 Å². The highest BCUT2D eigenvalue weighted by Gasteiger charge is 2.44. The Morgan fingerprint density at radius 2 is 1.02 bits per heavy atom. The third kappa shape index (κ3) is 32.0. The van der Waals surface area contributed by atoms with Crippen molar-refractivity contribution in [2.75, 3.05) is 13.2 Å². The van der Waals surface area contributed by atoms with Crippen molar-refractivity contribution in [3.63, 3.8) is 0 Å². The lowest BCUT2D eigenvalue weighted by Gasteiger charge is -2.40. The number of nitrogens with one attached hydrogen (secondary N) is 1. The van der Waals surface area contributed by atoms with Gasteiger partial charge in [-0.25, -0.2) is 0 Å². The largest absolute Gasteiger partial charge is 0.394 e. The Morgan fingerprint density at radius 1 is 0.557 bits per heavy atom. The number of hydrogen-bond acceptors (Lipinski definition) is 8. The fraction of sp³-hybridized carbons (Fsp3) is 0.750. The molecule has 0 aliphatic carbocycles. The van der Waals surface area contributed by atoms with Gasteiger partial charge in [-0.2, -0.15) is 0 Å². The maximum atomic E-state index is 13.0. The van der Waals surface area contributed by atoms with E-state index in [2.05, 4.69) is 79.9 Å². The lowest BCUT2D eigenvalue weighted by atomic mass is 9.99. The molecule has 1 saturated heterocycles. The van der Waals surface area contributed by atoms with Crippen LogP contribution in [0.25, 0.3) is 0 Å². The molecule has 0 radical (unpaired) electrons. The number of aliphatic hydroxyl groups excluding tert-OH is 5. The van der Waals surface area contributed by atoms with Gasteiger partial charge in [-0.15, -0.1) is 0 Å². The molecule has 1 amide bonds. The first-order valence-corrected chi connectivity index (χ1v) is 24.7. The molecule has 0 spiro atoms. The van der Waals surface area contributed by atoms with E-state index < -0.39 is 49.5 Å². The van der Waals surface area contributed by atoms with E-state index in [1.54, 1.807) is 6.08 Å². The van der Waals surface area contributed by atoms with Gasteiger partial charge in [-0.1, -0.05) is 183 Å². The van der Waals surface area contributed by atoms with E-state index in [1.165, 1.54) is 103 Å². The van der Waals surface area contributed by atoms with Crippen LogP contribution >= 0.6 is 0 Å². The molecule has 7 atom stereocenters. The number of allylic oxidation sites excluding steroid dienone is 11. The van der Waals surface area contributed by atoms with Crippen LogP contribution in [0.15, 0.2) is 72.9 Å². The summed E-state index contributed by atoms with van der Waals surface area (Å²) in [5.74, 6) is -0.198. The Morgan fingerprint density at radius 3 is 1.54 bits per heavy atom. The highest BCUT2D eigenvalue weighted by Crippen LogP contribution is 2.22. The summed E-state index contributed by atoms with van der Waals surface area (Å²) in [7, 11) is 0. The summed E-state index contributed by atoms with van der Waals surface area (Å²) in [6, 6.07) is -0.830. The first-order chi connectivity index (χ1) is 29.8. The highest BCUT2D eigenvalue weighted by atomic mass is 16.7. The zero-order valence-electron chi connectivity index (χ0n) is 38.6. The fourth-order valence-electron chi connectivity index (χ4n) is 7.26. The molecule has 0 aromatic carbocycles. The first kappa shape index (κ1) is 56.6. The summed E-state index contributed by atoms with van der Waals surface area (Å²) in [4.78, 5) is 13.0. The molecule has 7 unspecified atom stereocenters. The predicted molar refractivity (Wildman–Crippen MR) is 253 cm³/mol. The molecule has 9 nitrogen and oxygen atoms in total. The molecular weight excluding hydrogens is 767 g/mol.